The zero-order valence-electron chi connectivity index (χ0n) is 13.8. The molecule has 2 aromatic rings. The van der Waals surface area contributed by atoms with Gasteiger partial charge >= 0.3 is 5.69 Å². The molecule has 0 aromatic heterocycles. The Balaban J connectivity index is 1.87. The molecule has 0 saturated carbocycles. The number of anilines is 1. The van der Waals surface area contributed by atoms with Crippen molar-refractivity contribution in [3.63, 3.8) is 0 Å². The topological polar surface area (TPSA) is 110 Å². The molecule has 27 heavy (non-hydrogen) atoms. The van der Waals surface area contributed by atoms with Crippen LogP contribution in [0.2, 0.25) is 0 Å². The van der Waals surface area contributed by atoms with Crippen molar-refractivity contribution in [1.82, 2.24) is 4.90 Å². The molecule has 136 valence electrons. The van der Waals surface area contributed by atoms with E-state index in [-0.39, 0.29) is 28.9 Å². The number of imide groups is 1. The Hall–Kier alpha value is -3.88. The largest absolute Gasteiger partial charge is 0.322 e. The zero-order valence-corrected chi connectivity index (χ0v) is 13.8. The maximum Gasteiger partial charge on any atom is 0.306 e. The first kappa shape index (κ1) is 17.9. The molecule has 2 aromatic carbocycles. The first-order valence-corrected chi connectivity index (χ1v) is 7.70. The summed E-state index contributed by atoms with van der Waals surface area (Å²) >= 11 is 0. The summed E-state index contributed by atoms with van der Waals surface area (Å²) in [5.74, 6) is -2.71. The van der Waals surface area contributed by atoms with Crippen LogP contribution in [0.4, 0.5) is 15.8 Å². The van der Waals surface area contributed by atoms with E-state index in [1.807, 2.05) is 0 Å². The van der Waals surface area contributed by atoms with Crippen LogP contribution >= 0.6 is 0 Å². The summed E-state index contributed by atoms with van der Waals surface area (Å²) in [6.07, 6.45) is 1.41. The van der Waals surface area contributed by atoms with E-state index in [9.17, 15) is 28.9 Å². The average molecular weight is 369 g/mol. The van der Waals surface area contributed by atoms with Crippen molar-refractivity contribution in [2.45, 2.75) is 0 Å². The van der Waals surface area contributed by atoms with E-state index in [2.05, 4.69) is 11.9 Å². The van der Waals surface area contributed by atoms with E-state index >= 15 is 0 Å². The van der Waals surface area contributed by atoms with Crippen LogP contribution in [0, 0.1) is 15.9 Å². The maximum absolute atomic E-state index is 13.4. The van der Waals surface area contributed by atoms with Gasteiger partial charge in [-0.1, -0.05) is 6.08 Å². The van der Waals surface area contributed by atoms with Crippen LogP contribution in [0.5, 0.6) is 0 Å². The number of nitro benzene ring substituents is 1. The molecule has 0 fully saturated rings. The van der Waals surface area contributed by atoms with Gasteiger partial charge in [0.15, 0.2) is 0 Å². The van der Waals surface area contributed by atoms with Crippen LogP contribution in [0.15, 0.2) is 49.1 Å². The van der Waals surface area contributed by atoms with Crippen molar-refractivity contribution in [2.24, 2.45) is 0 Å². The molecule has 1 aliphatic rings. The van der Waals surface area contributed by atoms with Gasteiger partial charge in [0.25, 0.3) is 17.7 Å². The lowest BCUT2D eigenvalue weighted by Gasteiger charge is -2.09. The Kier molecular flexibility index (Phi) is 4.51. The lowest BCUT2D eigenvalue weighted by Crippen LogP contribution is -2.29. The second kappa shape index (κ2) is 6.79. The van der Waals surface area contributed by atoms with E-state index in [4.69, 9.17) is 0 Å². The Morgan fingerprint density at radius 1 is 1.19 bits per heavy atom. The van der Waals surface area contributed by atoms with Crippen molar-refractivity contribution in [2.75, 3.05) is 11.9 Å². The maximum atomic E-state index is 13.4. The number of hydrogen-bond donors (Lipinski definition) is 1. The predicted octanol–water partition coefficient (Wildman–Crippen LogP) is 2.77. The highest BCUT2D eigenvalue weighted by atomic mass is 19.1. The molecule has 1 heterocycles. The molecule has 3 rings (SSSR count). The van der Waals surface area contributed by atoms with Crippen LogP contribution in [-0.4, -0.2) is 34.1 Å². The van der Waals surface area contributed by atoms with Gasteiger partial charge in [0.1, 0.15) is 0 Å². The molecule has 0 unspecified atom stereocenters. The number of halogens is 1. The van der Waals surface area contributed by atoms with Gasteiger partial charge in [-0.15, -0.1) is 6.58 Å². The Morgan fingerprint density at radius 3 is 2.56 bits per heavy atom. The number of carbonyl (C=O) groups is 3. The lowest BCUT2D eigenvalue weighted by molar-refractivity contribution is -0.387. The summed E-state index contributed by atoms with van der Waals surface area (Å²) in [6, 6.07) is 6.92. The lowest BCUT2D eigenvalue weighted by atomic mass is 10.1. The quantitative estimate of drug-likeness (QED) is 0.377. The molecule has 9 heteroatoms. The van der Waals surface area contributed by atoms with Gasteiger partial charge in [-0.3, -0.25) is 29.4 Å². The van der Waals surface area contributed by atoms with Crippen molar-refractivity contribution >= 4 is 29.1 Å². The number of fused-ring (bicyclic) bond motifs is 1. The number of hydrogen-bond acceptors (Lipinski definition) is 5. The Bertz CT molecular complexity index is 1020. The zero-order chi connectivity index (χ0) is 19.7. The predicted molar refractivity (Wildman–Crippen MR) is 93.0 cm³/mol. The fraction of sp³-hybridized carbons (Fsp3) is 0.0556. The van der Waals surface area contributed by atoms with E-state index in [0.29, 0.717) is 0 Å². The van der Waals surface area contributed by atoms with E-state index in [0.717, 1.165) is 17.0 Å². The molecular formula is C18H12FN3O5. The molecular weight excluding hydrogens is 357 g/mol. The summed E-state index contributed by atoms with van der Waals surface area (Å²) in [7, 11) is 0. The first-order valence-electron chi connectivity index (χ1n) is 7.70. The van der Waals surface area contributed by atoms with E-state index in [1.54, 1.807) is 0 Å². The van der Waals surface area contributed by atoms with Crippen LogP contribution < -0.4 is 5.32 Å². The van der Waals surface area contributed by atoms with Gasteiger partial charge in [0.05, 0.1) is 16.1 Å². The standard InChI is InChI=1S/C18H12FN3O5/c1-2-7-21-17(24)12-5-3-10(8-13(12)18(21)25)16(23)20-11-4-6-14(19)15(9-11)22(26)27/h2-6,8-9H,1,7H2,(H,20,23). The molecule has 0 spiro atoms. The van der Waals surface area contributed by atoms with Gasteiger partial charge in [-0.25, -0.2) is 0 Å². The minimum Gasteiger partial charge on any atom is -0.322 e. The first-order chi connectivity index (χ1) is 12.8. The van der Waals surface area contributed by atoms with Gasteiger partial charge < -0.3 is 5.32 Å². The minimum absolute atomic E-state index is 0.0179. The fourth-order valence-corrected chi connectivity index (χ4v) is 2.66. The SMILES string of the molecule is C=CCN1C(=O)c2ccc(C(=O)Nc3ccc(F)c([N+](=O)[O-])c3)cc2C1=O. The Morgan fingerprint density at radius 2 is 1.89 bits per heavy atom. The molecule has 1 aliphatic heterocycles. The van der Waals surface area contributed by atoms with Crippen LogP contribution in [0.3, 0.4) is 0 Å². The van der Waals surface area contributed by atoms with Crippen molar-refractivity contribution < 1.29 is 23.7 Å². The molecule has 0 aliphatic carbocycles. The average Bonchev–Trinajstić information content (AvgIpc) is 2.88. The second-order valence-corrected chi connectivity index (χ2v) is 5.65. The summed E-state index contributed by atoms with van der Waals surface area (Å²) in [5.41, 5.74) is -0.426. The number of rotatable bonds is 5. The van der Waals surface area contributed by atoms with E-state index < -0.39 is 34.1 Å². The third-order valence-electron chi connectivity index (χ3n) is 3.95. The molecule has 8 nitrogen and oxygen atoms in total. The summed E-state index contributed by atoms with van der Waals surface area (Å²) in [4.78, 5) is 47.7. The number of nitrogens with zero attached hydrogens (tertiary/aromatic N) is 2. The van der Waals surface area contributed by atoms with Crippen LogP contribution in [0.25, 0.3) is 0 Å². The number of nitrogens with one attached hydrogen (secondary N) is 1. The van der Waals surface area contributed by atoms with Gasteiger partial charge in [0.2, 0.25) is 5.82 Å². The van der Waals surface area contributed by atoms with Gasteiger partial charge in [0, 0.05) is 23.9 Å². The third-order valence-corrected chi connectivity index (χ3v) is 3.95. The highest BCUT2D eigenvalue weighted by Crippen LogP contribution is 2.25. The summed E-state index contributed by atoms with van der Waals surface area (Å²) in [5, 5.41) is 13.2. The fourth-order valence-electron chi connectivity index (χ4n) is 2.66. The van der Waals surface area contributed by atoms with Crippen molar-refractivity contribution in [1.29, 1.82) is 0 Å². The number of nitro groups is 1. The van der Waals surface area contributed by atoms with E-state index in [1.165, 1.54) is 30.3 Å². The van der Waals surface area contributed by atoms with Crippen LogP contribution in [0.1, 0.15) is 31.1 Å². The third kappa shape index (κ3) is 3.17. The smallest absolute Gasteiger partial charge is 0.306 e. The van der Waals surface area contributed by atoms with Crippen molar-refractivity contribution in [3.05, 3.63) is 81.7 Å². The number of amides is 3. The molecule has 0 saturated heterocycles. The molecule has 0 radical (unpaired) electrons. The monoisotopic (exact) mass is 369 g/mol. The summed E-state index contributed by atoms with van der Waals surface area (Å²) in [6.45, 7) is 3.54. The minimum atomic E-state index is -1.03. The number of benzene rings is 2. The van der Waals surface area contributed by atoms with Gasteiger partial charge in [-0.05, 0) is 30.3 Å². The molecule has 0 atom stereocenters. The van der Waals surface area contributed by atoms with Crippen molar-refractivity contribution in [3.8, 4) is 0 Å². The Labute approximate surface area is 152 Å². The molecule has 3 amide bonds. The normalized spacial score (nSPS) is 12.7. The van der Waals surface area contributed by atoms with Crippen LogP contribution in [-0.2, 0) is 0 Å². The highest BCUT2D eigenvalue weighted by molar-refractivity contribution is 6.22. The molecule has 0 bridgehead atoms. The highest BCUT2D eigenvalue weighted by Gasteiger charge is 2.35. The summed E-state index contributed by atoms with van der Waals surface area (Å²) < 4.78 is 13.4. The van der Waals surface area contributed by atoms with Gasteiger partial charge in [-0.2, -0.15) is 4.39 Å². The molecule has 1 N–H and O–H groups in total. The number of carbonyl (C=O) groups excluding carboxylic acids is 3. The second-order valence-electron chi connectivity index (χ2n) is 5.65.